The molecular weight excluding hydrogens is 263 g/mol. The van der Waals surface area contributed by atoms with E-state index >= 15 is 0 Å². The van der Waals surface area contributed by atoms with Crippen molar-refractivity contribution in [2.24, 2.45) is 11.7 Å². The molecule has 2 nitrogen and oxygen atoms in total. The van der Waals surface area contributed by atoms with Gasteiger partial charge in [-0.05, 0) is 31.7 Å². The Labute approximate surface area is 128 Å². The predicted molar refractivity (Wildman–Crippen MR) is 86.6 cm³/mol. The highest BCUT2D eigenvalue weighted by atomic mass is 19.1. The summed E-state index contributed by atoms with van der Waals surface area (Å²) in [6.45, 7) is 7.42. The summed E-state index contributed by atoms with van der Waals surface area (Å²) in [6, 6.07) is 7.54. The molecule has 1 aromatic rings. The summed E-state index contributed by atoms with van der Waals surface area (Å²) in [5.74, 6) is 0.421. The highest BCUT2D eigenvalue weighted by Gasteiger charge is 2.33. The average Bonchev–Trinajstić information content (AvgIpc) is 2.93. The van der Waals surface area contributed by atoms with Gasteiger partial charge in [-0.3, -0.25) is 4.90 Å². The molecule has 0 amide bonds. The number of rotatable bonds is 6. The van der Waals surface area contributed by atoms with E-state index in [2.05, 4.69) is 18.7 Å². The van der Waals surface area contributed by atoms with Crippen LogP contribution in [0.1, 0.15) is 58.1 Å². The largest absolute Gasteiger partial charge is 0.326 e. The van der Waals surface area contributed by atoms with Gasteiger partial charge in [0.25, 0.3) is 0 Å². The Kier molecular flexibility index (Phi) is 5.77. The van der Waals surface area contributed by atoms with Crippen LogP contribution in [0.3, 0.4) is 0 Å². The summed E-state index contributed by atoms with van der Waals surface area (Å²) in [4.78, 5) is 2.47. The Hall–Kier alpha value is -0.930. The fourth-order valence-corrected chi connectivity index (χ4v) is 3.63. The molecule has 2 N–H and O–H groups in total. The smallest absolute Gasteiger partial charge is 0.128 e. The normalized spacial score (nSPS) is 19.4. The molecule has 0 radical (unpaired) electrons. The van der Waals surface area contributed by atoms with Gasteiger partial charge in [-0.15, -0.1) is 0 Å². The monoisotopic (exact) mass is 292 g/mol. The molecule has 1 fully saturated rings. The molecule has 2 atom stereocenters. The van der Waals surface area contributed by atoms with Crippen molar-refractivity contribution in [1.29, 1.82) is 0 Å². The van der Waals surface area contributed by atoms with E-state index in [1.807, 2.05) is 19.1 Å². The lowest BCUT2D eigenvalue weighted by molar-refractivity contribution is 0.101. The summed E-state index contributed by atoms with van der Waals surface area (Å²) in [5, 5.41) is 0. The predicted octanol–water partition coefficient (Wildman–Crippen LogP) is 4.11. The molecule has 0 aliphatic heterocycles. The highest BCUT2D eigenvalue weighted by Crippen LogP contribution is 2.34. The maximum atomic E-state index is 14.3. The fraction of sp³-hybridized carbons (Fsp3) is 0.667. The van der Waals surface area contributed by atoms with Gasteiger partial charge >= 0.3 is 0 Å². The van der Waals surface area contributed by atoms with Crippen molar-refractivity contribution in [2.75, 3.05) is 6.54 Å². The number of benzene rings is 1. The van der Waals surface area contributed by atoms with Gasteiger partial charge in [0.2, 0.25) is 0 Å². The van der Waals surface area contributed by atoms with E-state index in [0.717, 1.165) is 12.1 Å². The summed E-state index contributed by atoms with van der Waals surface area (Å²) < 4.78 is 14.3. The van der Waals surface area contributed by atoms with Crippen LogP contribution in [0.2, 0.25) is 0 Å². The maximum Gasteiger partial charge on any atom is 0.128 e. The third-order valence-electron chi connectivity index (χ3n) is 4.45. The SMILES string of the molecule is CC(C)CN(C1CCCC1)C(c1ccccc1F)C(C)N. The molecule has 0 heterocycles. The van der Waals surface area contributed by atoms with Gasteiger partial charge in [0.15, 0.2) is 0 Å². The van der Waals surface area contributed by atoms with Crippen molar-refractivity contribution in [3.8, 4) is 0 Å². The van der Waals surface area contributed by atoms with E-state index in [1.165, 1.54) is 25.7 Å². The van der Waals surface area contributed by atoms with Gasteiger partial charge in [0, 0.05) is 24.2 Å². The highest BCUT2D eigenvalue weighted by molar-refractivity contribution is 5.23. The van der Waals surface area contributed by atoms with Crippen molar-refractivity contribution < 1.29 is 4.39 Å². The molecule has 21 heavy (non-hydrogen) atoms. The molecule has 0 saturated heterocycles. The van der Waals surface area contributed by atoms with Crippen LogP contribution in [0.4, 0.5) is 4.39 Å². The molecule has 1 aliphatic rings. The minimum absolute atomic E-state index is 0.0308. The van der Waals surface area contributed by atoms with Crippen LogP contribution in [0.5, 0.6) is 0 Å². The third kappa shape index (κ3) is 4.04. The van der Waals surface area contributed by atoms with Gasteiger partial charge in [-0.2, -0.15) is 0 Å². The van der Waals surface area contributed by atoms with Crippen LogP contribution in [-0.2, 0) is 0 Å². The summed E-state index contributed by atoms with van der Waals surface area (Å²) >= 11 is 0. The minimum atomic E-state index is -0.133. The van der Waals surface area contributed by atoms with E-state index in [9.17, 15) is 4.39 Å². The number of halogens is 1. The van der Waals surface area contributed by atoms with Crippen LogP contribution in [0, 0.1) is 11.7 Å². The second kappa shape index (κ2) is 7.37. The molecule has 3 heteroatoms. The van der Waals surface area contributed by atoms with E-state index in [4.69, 9.17) is 5.73 Å². The Morgan fingerprint density at radius 3 is 2.33 bits per heavy atom. The maximum absolute atomic E-state index is 14.3. The minimum Gasteiger partial charge on any atom is -0.326 e. The van der Waals surface area contributed by atoms with Crippen molar-refractivity contribution in [3.05, 3.63) is 35.6 Å². The first kappa shape index (κ1) is 16.4. The Morgan fingerprint density at radius 1 is 1.19 bits per heavy atom. The quantitative estimate of drug-likeness (QED) is 0.854. The molecule has 1 saturated carbocycles. The third-order valence-corrected chi connectivity index (χ3v) is 4.45. The molecule has 0 bridgehead atoms. The van der Waals surface area contributed by atoms with Crippen LogP contribution in [0.25, 0.3) is 0 Å². The molecule has 2 unspecified atom stereocenters. The fourth-order valence-electron chi connectivity index (χ4n) is 3.63. The van der Waals surface area contributed by atoms with Crippen molar-refractivity contribution in [3.63, 3.8) is 0 Å². The van der Waals surface area contributed by atoms with Crippen molar-refractivity contribution in [2.45, 2.75) is 64.6 Å². The Morgan fingerprint density at radius 2 is 1.81 bits per heavy atom. The van der Waals surface area contributed by atoms with Gasteiger partial charge in [-0.1, -0.05) is 44.9 Å². The number of nitrogens with zero attached hydrogens (tertiary/aromatic N) is 1. The van der Waals surface area contributed by atoms with Crippen molar-refractivity contribution >= 4 is 0 Å². The lowest BCUT2D eigenvalue weighted by Crippen LogP contribution is -2.46. The topological polar surface area (TPSA) is 29.3 Å². The summed E-state index contributed by atoms with van der Waals surface area (Å²) in [5.41, 5.74) is 7.02. The Balaban J connectivity index is 2.33. The van der Waals surface area contributed by atoms with Gasteiger partial charge < -0.3 is 5.73 Å². The summed E-state index contributed by atoms with van der Waals surface area (Å²) in [6.07, 6.45) is 4.99. The van der Waals surface area contributed by atoms with Crippen LogP contribution in [0.15, 0.2) is 24.3 Å². The van der Waals surface area contributed by atoms with E-state index in [1.54, 1.807) is 12.1 Å². The van der Waals surface area contributed by atoms with Gasteiger partial charge in [0.05, 0.1) is 6.04 Å². The second-order valence-electron chi connectivity index (χ2n) is 6.85. The molecule has 2 rings (SSSR count). The van der Waals surface area contributed by atoms with Gasteiger partial charge in [-0.25, -0.2) is 4.39 Å². The van der Waals surface area contributed by atoms with E-state index < -0.39 is 0 Å². The van der Waals surface area contributed by atoms with Crippen molar-refractivity contribution in [1.82, 2.24) is 4.90 Å². The standard InChI is InChI=1S/C18H29FN2/c1-13(2)12-21(15-8-4-5-9-15)18(14(3)20)16-10-6-7-11-17(16)19/h6-7,10-11,13-15,18H,4-5,8-9,12,20H2,1-3H3. The van der Waals surface area contributed by atoms with Crippen LogP contribution in [-0.4, -0.2) is 23.5 Å². The Bertz CT molecular complexity index is 439. The molecule has 0 spiro atoms. The first-order chi connectivity index (χ1) is 10.0. The zero-order chi connectivity index (χ0) is 15.4. The molecule has 118 valence electrons. The van der Waals surface area contributed by atoms with Crippen LogP contribution >= 0.6 is 0 Å². The number of hydrogen-bond donors (Lipinski definition) is 1. The summed E-state index contributed by atoms with van der Waals surface area (Å²) in [7, 11) is 0. The second-order valence-corrected chi connectivity index (χ2v) is 6.85. The zero-order valence-electron chi connectivity index (χ0n) is 13.6. The van der Waals surface area contributed by atoms with Gasteiger partial charge in [0.1, 0.15) is 5.82 Å². The first-order valence-corrected chi connectivity index (χ1v) is 8.26. The zero-order valence-corrected chi connectivity index (χ0v) is 13.6. The molecule has 1 aromatic carbocycles. The molecular formula is C18H29FN2. The van der Waals surface area contributed by atoms with E-state index in [0.29, 0.717) is 12.0 Å². The molecule has 1 aliphatic carbocycles. The van der Waals surface area contributed by atoms with Crippen LogP contribution < -0.4 is 5.73 Å². The van der Waals surface area contributed by atoms with E-state index in [-0.39, 0.29) is 17.9 Å². The average molecular weight is 292 g/mol. The molecule has 0 aromatic heterocycles. The lowest BCUT2D eigenvalue weighted by Gasteiger charge is -2.40. The number of nitrogens with two attached hydrogens (primary N) is 1. The first-order valence-electron chi connectivity index (χ1n) is 8.26. The lowest BCUT2D eigenvalue weighted by atomic mass is 9.95. The number of hydrogen-bond acceptors (Lipinski definition) is 2.